The minimum atomic E-state index is -0.320. The number of ether oxygens (including phenoxy) is 1. The van der Waals surface area contributed by atoms with Crippen LogP contribution < -0.4 is 0 Å². The highest BCUT2D eigenvalue weighted by molar-refractivity contribution is 5.87. The van der Waals surface area contributed by atoms with Gasteiger partial charge >= 0.3 is 0 Å². The SMILES string of the molecule is C=C(OCC1CC1)C12CCCC1C(C)=NO2. The van der Waals surface area contributed by atoms with E-state index in [4.69, 9.17) is 9.57 Å². The minimum absolute atomic E-state index is 0.320. The first kappa shape index (κ1) is 10.2. The molecule has 3 heteroatoms. The normalized spacial score (nSPS) is 36.6. The van der Waals surface area contributed by atoms with E-state index in [9.17, 15) is 0 Å². The van der Waals surface area contributed by atoms with Crippen LogP contribution in [0.2, 0.25) is 0 Å². The first-order chi connectivity index (χ1) is 7.72. The second-order valence-electron chi connectivity index (χ2n) is 5.34. The monoisotopic (exact) mass is 221 g/mol. The summed E-state index contributed by atoms with van der Waals surface area (Å²) in [5, 5.41) is 4.13. The van der Waals surface area contributed by atoms with Crippen molar-refractivity contribution in [2.45, 2.75) is 44.6 Å². The van der Waals surface area contributed by atoms with E-state index in [0.29, 0.717) is 5.92 Å². The highest BCUT2D eigenvalue weighted by atomic mass is 16.7. The zero-order valence-electron chi connectivity index (χ0n) is 9.87. The summed E-state index contributed by atoms with van der Waals surface area (Å²) in [5.74, 6) is 1.97. The maximum absolute atomic E-state index is 5.81. The number of fused-ring (bicyclic) bond motifs is 1. The number of hydrogen-bond donors (Lipinski definition) is 0. The molecule has 2 atom stereocenters. The Kier molecular flexibility index (Phi) is 2.23. The van der Waals surface area contributed by atoms with Gasteiger partial charge < -0.3 is 9.57 Å². The molecule has 16 heavy (non-hydrogen) atoms. The van der Waals surface area contributed by atoms with Crippen LogP contribution in [0.5, 0.6) is 0 Å². The van der Waals surface area contributed by atoms with Gasteiger partial charge in [-0.2, -0.15) is 0 Å². The third-order valence-electron chi connectivity index (χ3n) is 4.12. The molecule has 0 amide bonds. The van der Waals surface area contributed by atoms with Crippen LogP contribution >= 0.6 is 0 Å². The fraction of sp³-hybridized carbons (Fsp3) is 0.769. The molecule has 2 aliphatic carbocycles. The number of hydrogen-bond acceptors (Lipinski definition) is 3. The smallest absolute Gasteiger partial charge is 0.201 e. The molecule has 2 unspecified atom stereocenters. The molecule has 0 aromatic carbocycles. The lowest BCUT2D eigenvalue weighted by molar-refractivity contribution is -0.0457. The quantitative estimate of drug-likeness (QED) is 0.683. The molecule has 0 saturated heterocycles. The summed E-state index contributed by atoms with van der Waals surface area (Å²) in [6.07, 6.45) is 5.95. The molecule has 3 rings (SSSR count). The Labute approximate surface area is 96.5 Å². The van der Waals surface area contributed by atoms with Crippen LogP contribution in [-0.4, -0.2) is 17.9 Å². The van der Waals surface area contributed by atoms with Gasteiger partial charge in [-0.3, -0.25) is 0 Å². The highest BCUT2D eigenvalue weighted by Gasteiger charge is 2.54. The molecule has 0 aromatic rings. The lowest BCUT2D eigenvalue weighted by Gasteiger charge is -2.28. The van der Waals surface area contributed by atoms with Crippen LogP contribution in [0.15, 0.2) is 17.5 Å². The van der Waals surface area contributed by atoms with E-state index in [0.717, 1.165) is 36.8 Å². The van der Waals surface area contributed by atoms with Crippen molar-refractivity contribution in [1.29, 1.82) is 0 Å². The van der Waals surface area contributed by atoms with Crippen LogP contribution in [0, 0.1) is 11.8 Å². The standard InChI is InChI=1S/C13H19NO2/c1-9-12-4-3-7-13(12,16-14-9)10(2)15-8-11-5-6-11/h11-12H,2-8H2,1H3. The zero-order valence-corrected chi connectivity index (χ0v) is 9.87. The lowest BCUT2D eigenvalue weighted by Crippen LogP contribution is -2.36. The maximum atomic E-state index is 5.81. The molecular weight excluding hydrogens is 202 g/mol. The Bertz CT molecular complexity index is 346. The van der Waals surface area contributed by atoms with Crippen molar-refractivity contribution in [2.75, 3.05) is 6.61 Å². The van der Waals surface area contributed by atoms with Gasteiger partial charge in [0, 0.05) is 0 Å². The fourth-order valence-corrected chi connectivity index (χ4v) is 2.86. The molecule has 3 nitrogen and oxygen atoms in total. The summed E-state index contributed by atoms with van der Waals surface area (Å²) in [6, 6.07) is 0. The molecule has 0 spiro atoms. The van der Waals surface area contributed by atoms with Crippen LogP contribution in [0.3, 0.4) is 0 Å². The predicted octanol–water partition coefficient (Wildman–Crippen LogP) is 2.87. The highest BCUT2D eigenvalue weighted by Crippen LogP contribution is 2.48. The molecule has 0 N–H and O–H groups in total. The Balaban J connectivity index is 1.69. The van der Waals surface area contributed by atoms with Gasteiger partial charge in [-0.1, -0.05) is 11.7 Å². The van der Waals surface area contributed by atoms with Crippen molar-refractivity contribution in [3.63, 3.8) is 0 Å². The number of oxime groups is 1. The molecule has 0 bridgehead atoms. The summed E-state index contributed by atoms with van der Waals surface area (Å²) in [7, 11) is 0. The van der Waals surface area contributed by atoms with Crippen LogP contribution in [0.4, 0.5) is 0 Å². The predicted molar refractivity (Wildman–Crippen MR) is 62.1 cm³/mol. The van der Waals surface area contributed by atoms with E-state index in [1.807, 2.05) is 6.92 Å². The van der Waals surface area contributed by atoms with E-state index in [1.54, 1.807) is 0 Å². The summed E-state index contributed by atoms with van der Waals surface area (Å²) < 4.78 is 5.81. The van der Waals surface area contributed by atoms with E-state index in [2.05, 4.69) is 11.7 Å². The summed E-state index contributed by atoms with van der Waals surface area (Å²) in [6.45, 7) is 6.95. The number of rotatable bonds is 4. The van der Waals surface area contributed by atoms with Gasteiger partial charge in [0.25, 0.3) is 0 Å². The van der Waals surface area contributed by atoms with Crippen molar-refractivity contribution in [1.82, 2.24) is 0 Å². The third kappa shape index (κ3) is 1.45. The Morgan fingerprint density at radius 3 is 3.12 bits per heavy atom. The molecule has 0 aromatic heterocycles. The van der Waals surface area contributed by atoms with Gasteiger partial charge in [0.2, 0.25) is 5.60 Å². The van der Waals surface area contributed by atoms with Gasteiger partial charge in [0.15, 0.2) is 0 Å². The molecule has 1 aliphatic heterocycles. The average molecular weight is 221 g/mol. The van der Waals surface area contributed by atoms with Crippen LogP contribution in [0.25, 0.3) is 0 Å². The first-order valence-electron chi connectivity index (χ1n) is 6.27. The van der Waals surface area contributed by atoms with Crippen molar-refractivity contribution >= 4 is 5.71 Å². The molecule has 3 aliphatic rings. The van der Waals surface area contributed by atoms with Gasteiger partial charge in [-0.05, 0) is 44.9 Å². The molecular formula is C13H19NO2. The molecule has 2 saturated carbocycles. The van der Waals surface area contributed by atoms with Crippen molar-refractivity contribution in [3.8, 4) is 0 Å². The summed E-state index contributed by atoms with van der Waals surface area (Å²) in [4.78, 5) is 5.65. The van der Waals surface area contributed by atoms with Crippen LogP contribution in [0.1, 0.15) is 39.0 Å². The lowest BCUT2D eigenvalue weighted by atomic mass is 9.87. The Hall–Kier alpha value is -0.990. The molecule has 0 radical (unpaired) electrons. The van der Waals surface area contributed by atoms with E-state index >= 15 is 0 Å². The Morgan fingerprint density at radius 1 is 1.56 bits per heavy atom. The van der Waals surface area contributed by atoms with Gasteiger partial charge in [-0.15, -0.1) is 0 Å². The van der Waals surface area contributed by atoms with Gasteiger partial charge in [0.05, 0.1) is 18.2 Å². The van der Waals surface area contributed by atoms with Crippen molar-refractivity contribution < 1.29 is 9.57 Å². The second-order valence-corrected chi connectivity index (χ2v) is 5.34. The van der Waals surface area contributed by atoms with E-state index < -0.39 is 0 Å². The average Bonchev–Trinajstić information content (AvgIpc) is 2.91. The summed E-state index contributed by atoms with van der Waals surface area (Å²) in [5.41, 5.74) is 0.785. The largest absolute Gasteiger partial charge is 0.494 e. The fourth-order valence-electron chi connectivity index (χ4n) is 2.86. The van der Waals surface area contributed by atoms with Crippen molar-refractivity contribution in [2.24, 2.45) is 17.0 Å². The second kappa shape index (κ2) is 3.51. The topological polar surface area (TPSA) is 30.8 Å². The first-order valence-corrected chi connectivity index (χ1v) is 6.27. The number of nitrogens with zero attached hydrogens (tertiary/aromatic N) is 1. The van der Waals surface area contributed by atoms with E-state index in [-0.39, 0.29) is 5.60 Å². The van der Waals surface area contributed by atoms with Gasteiger partial charge in [0.1, 0.15) is 5.76 Å². The van der Waals surface area contributed by atoms with Crippen LogP contribution in [-0.2, 0) is 9.57 Å². The summed E-state index contributed by atoms with van der Waals surface area (Å²) >= 11 is 0. The van der Waals surface area contributed by atoms with Gasteiger partial charge in [-0.25, -0.2) is 0 Å². The van der Waals surface area contributed by atoms with Crippen molar-refractivity contribution in [3.05, 3.63) is 12.3 Å². The molecule has 2 fully saturated rings. The zero-order chi connectivity index (χ0) is 11.2. The molecule has 1 heterocycles. The molecule has 88 valence electrons. The minimum Gasteiger partial charge on any atom is -0.494 e. The third-order valence-corrected chi connectivity index (χ3v) is 4.12. The van der Waals surface area contributed by atoms with E-state index in [1.165, 1.54) is 19.3 Å². The Morgan fingerprint density at radius 2 is 2.38 bits per heavy atom. The maximum Gasteiger partial charge on any atom is 0.201 e.